The van der Waals surface area contributed by atoms with E-state index in [1.54, 1.807) is 24.3 Å². The van der Waals surface area contributed by atoms with Gasteiger partial charge in [0, 0.05) is 18.2 Å². The minimum absolute atomic E-state index is 0.160. The van der Waals surface area contributed by atoms with Crippen molar-refractivity contribution in [3.8, 4) is 0 Å². The third-order valence-electron chi connectivity index (χ3n) is 3.52. The van der Waals surface area contributed by atoms with Crippen molar-refractivity contribution in [2.45, 2.75) is 19.4 Å². The van der Waals surface area contributed by atoms with Crippen LogP contribution in [0.5, 0.6) is 0 Å². The number of nitrogens with one attached hydrogen (secondary N) is 1. The molecular weight excluding hydrogens is 268 g/mol. The van der Waals surface area contributed by atoms with Crippen molar-refractivity contribution in [2.24, 2.45) is 5.73 Å². The number of aryl methyl sites for hydroxylation is 1. The number of hydrogen-bond acceptors (Lipinski definition) is 4. The molecule has 0 saturated carbocycles. The second-order valence-corrected chi connectivity index (χ2v) is 5.10. The first-order valence-electron chi connectivity index (χ1n) is 6.87. The molecule has 0 spiro atoms. The summed E-state index contributed by atoms with van der Waals surface area (Å²) in [6.45, 7) is 1.20. The van der Waals surface area contributed by atoms with Crippen LogP contribution in [0.15, 0.2) is 35.1 Å². The third-order valence-corrected chi connectivity index (χ3v) is 3.52. The lowest BCUT2D eigenvalue weighted by atomic mass is 10.1. The van der Waals surface area contributed by atoms with E-state index in [2.05, 4.69) is 10.4 Å². The van der Waals surface area contributed by atoms with Crippen LogP contribution in [0.2, 0.25) is 0 Å². The molecule has 1 amide bonds. The van der Waals surface area contributed by atoms with Gasteiger partial charge in [-0.05, 0) is 30.5 Å². The van der Waals surface area contributed by atoms with E-state index in [1.165, 1.54) is 4.68 Å². The number of rotatable bonds is 3. The molecule has 0 bridgehead atoms. The first-order chi connectivity index (χ1) is 10.1. The molecular formula is C15H16N4O2. The van der Waals surface area contributed by atoms with Crippen LogP contribution in [0.4, 0.5) is 5.69 Å². The fourth-order valence-corrected chi connectivity index (χ4v) is 2.46. The molecule has 2 aromatic rings. The minimum atomic E-state index is -0.480. The van der Waals surface area contributed by atoms with Crippen LogP contribution < -0.4 is 16.6 Å². The number of carbonyl (C=O) groups excluding carboxylic acids is 1. The molecule has 3 N–H and O–H groups in total. The largest absolute Gasteiger partial charge is 0.383 e. The summed E-state index contributed by atoms with van der Waals surface area (Å²) in [4.78, 5) is 23.3. The Labute approximate surface area is 121 Å². The third kappa shape index (κ3) is 2.79. The molecule has 3 rings (SSSR count). The Morgan fingerprint density at radius 1 is 1.38 bits per heavy atom. The van der Waals surface area contributed by atoms with E-state index in [0.717, 1.165) is 36.3 Å². The van der Waals surface area contributed by atoms with E-state index < -0.39 is 5.91 Å². The maximum atomic E-state index is 12.1. The second kappa shape index (κ2) is 5.40. The maximum absolute atomic E-state index is 12.1. The number of amides is 1. The van der Waals surface area contributed by atoms with Crippen molar-refractivity contribution < 1.29 is 4.79 Å². The lowest BCUT2D eigenvalue weighted by Crippen LogP contribution is -2.27. The number of hydrogen-bond donors (Lipinski definition) is 2. The Hall–Kier alpha value is -2.63. The Morgan fingerprint density at radius 2 is 2.24 bits per heavy atom. The number of benzene rings is 1. The van der Waals surface area contributed by atoms with E-state index in [9.17, 15) is 9.59 Å². The van der Waals surface area contributed by atoms with Crippen LogP contribution in [0, 0.1) is 0 Å². The normalized spacial score (nSPS) is 13.3. The first-order valence-corrected chi connectivity index (χ1v) is 6.87. The molecule has 21 heavy (non-hydrogen) atoms. The summed E-state index contributed by atoms with van der Waals surface area (Å²) < 4.78 is 1.42. The van der Waals surface area contributed by atoms with Crippen LogP contribution in [-0.2, 0) is 13.0 Å². The molecule has 1 aliphatic rings. The van der Waals surface area contributed by atoms with Crippen LogP contribution in [0.25, 0.3) is 0 Å². The Kier molecular flexibility index (Phi) is 3.43. The van der Waals surface area contributed by atoms with Gasteiger partial charge in [-0.3, -0.25) is 9.59 Å². The Morgan fingerprint density at radius 3 is 3.05 bits per heavy atom. The number of nitrogens with zero attached hydrogens (tertiary/aromatic N) is 2. The zero-order chi connectivity index (χ0) is 14.8. The van der Waals surface area contributed by atoms with Gasteiger partial charge in [-0.1, -0.05) is 12.1 Å². The molecule has 0 aliphatic carbocycles. The predicted molar refractivity (Wildman–Crippen MR) is 79.4 cm³/mol. The molecule has 0 fully saturated rings. The molecule has 2 heterocycles. The first kappa shape index (κ1) is 13.4. The fourth-order valence-electron chi connectivity index (χ4n) is 2.46. The molecule has 0 unspecified atom stereocenters. The zero-order valence-corrected chi connectivity index (χ0v) is 11.5. The van der Waals surface area contributed by atoms with E-state index in [4.69, 9.17) is 5.73 Å². The average molecular weight is 284 g/mol. The molecule has 6 heteroatoms. The summed E-state index contributed by atoms with van der Waals surface area (Å²) in [6, 6.07) is 8.52. The van der Waals surface area contributed by atoms with Crippen molar-refractivity contribution in [1.82, 2.24) is 9.78 Å². The monoisotopic (exact) mass is 284 g/mol. The molecule has 108 valence electrons. The quantitative estimate of drug-likeness (QED) is 0.870. The van der Waals surface area contributed by atoms with Gasteiger partial charge in [0.25, 0.3) is 5.56 Å². The van der Waals surface area contributed by atoms with Gasteiger partial charge in [0.05, 0.1) is 17.9 Å². The number of aromatic nitrogens is 2. The van der Waals surface area contributed by atoms with Crippen LogP contribution in [0.1, 0.15) is 28.0 Å². The Bertz CT molecular complexity index is 752. The van der Waals surface area contributed by atoms with Crippen LogP contribution >= 0.6 is 0 Å². The standard InChI is InChI=1S/C15H16N4O2/c16-15(21)11-4-1-3-10(7-11)9-19-14(20)8-13-12(18-19)5-2-6-17-13/h1,3-4,7-8,17H,2,5-6,9H2,(H2,16,21). The smallest absolute Gasteiger partial charge is 0.269 e. The van der Waals surface area contributed by atoms with Crippen LogP contribution in [0.3, 0.4) is 0 Å². The number of anilines is 1. The highest BCUT2D eigenvalue weighted by Crippen LogP contribution is 2.17. The molecule has 1 aromatic carbocycles. The molecule has 1 aromatic heterocycles. The molecule has 1 aliphatic heterocycles. The molecule has 0 radical (unpaired) electrons. The SMILES string of the molecule is NC(=O)c1cccc(Cn2nc3c(cc2=O)NCCC3)c1. The van der Waals surface area contributed by atoms with Gasteiger partial charge in [-0.15, -0.1) is 0 Å². The van der Waals surface area contributed by atoms with Crippen molar-refractivity contribution in [2.75, 3.05) is 11.9 Å². The molecule has 0 saturated heterocycles. The van der Waals surface area contributed by atoms with Gasteiger partial charge in [0.15, 0.2) is 0 Å². The summed E-state index contributed by atoms with van der Waals surface area (Å²) in [5, 5.41) is 7.59. The number of fused-ring (bicyclic) bond motifs is 1. The topological polar surface area (TPSA) is 90.0 Å². The lowest BCUT2D eigenvalue weighted by Gasteiger charge is -2.17. The van der Waals surface area contributed by atoms with Crippen molar-refractivity contribution in [3.63, 3.8) is 0 Å². The highest BCUT2D eigenvalue weighted by molar-refractivity contribution is 5.92. The molecule has 6 nitrogen and oxygen atoms in total. The van der Waals surface area contributed by atoms with Gasteiger partial charge < -0.3 is 11.1 Å². The minimum Gasteiger partial charge on any atom is -0.383 e. The van der Waals surface area contributed by atoms with E-state index >= 15 is 0 Å². The van der Waals surface area contributed by atoms with Crippen LogP contribution in [-0.4, -0.2) is 22.2 Å². The summed E-state index contributed by atoms with van der Waals surface area (Å²) in [6.07, 6.45) is 1.87. The van der Waals surface area contributed by atoms with Crippen molar-refractivity contribution in [3.05, 3.63) is 57.5 Å². The number of carbonyl (C=O) groups is 1. The lowest BCUT2D eigenvalue weighted by molar-refractivity contribution is 0.1000. The highest BCUT2D eigenvalue weighted by atomic mass is 16.1. The number of nitrogens with two attached hydrogens (primary N) is 1. The van der Waals surface area contributed by atoms with Gasteiger partial charge >= 0.3 is 0 Å². The van der Waals surface area contributed by atoms with Crippen molar-refractivity contribution >= 4 is 11.6 Å². The fraction of sp³-hybridized carbons (Fsp3) is 0.267. The van der Waals surface area contributed by atoms with Gasteiger partial charge in [0.2, 0.25) is 5.91 Å². The zero-order valence-electron chi connectivity index (χ0n) is 11.5. The summed E-state index contributed by atoms with van der Waals surface area (Å²) in [7, 11) is 0. The summed E-state index contributed by atoms with van der Waals surface area (Å²) in [5.41, 5.74) is 8.10. The Balaban J connectivity index is 1.93. The summed E-state index contributed by atoms with van der Waals surface area (Å²) in [5.74, 6) is -0.480. The van der Waals surface area contributed by atoms with Gasteiger partial charge in [-0.2, -0.15) is 5.10 Å². The average Bonchev–Trinajstić information content (AvgIpc) is 2.48. The van der Waals surface area contributed by atoms with E-state index in [0.29, 0.717) is 12.1 Å². The number of primary amides is 1. The van der Waals surface area contributed by atoms with Crippen molar-refractivity contribution in [1.29, 1.82) is 0 Å². The van der Waals surface area contributed by atoms with E-state index in [-0.39, 0.29) is 5.56 Å². The van der Waals surface area contributed by atoms with Gasteiger partial charge in [0.1, 0.15) is 0 Å². The van der Waals surface area contributed by atoms with E-state index in [1.807, 2.05) is 6.07 Å². The maximum Gasteiger partial charge on any atom is 0.269 e. The van der Waals surface area contributed by atoms with Gasteiger partial charge in [-0.25, -0.2) is 4.68 Å². The molecule has 0 atom stereocenters. The predicted octanol–water partition coefficient (Wildman–Crippen LogP) is 0.749. The second-order valence-electron chi connectivity index (χ2n) is 5.10. The highest BCUT2D eigenvalue weighted by Gasteiger charge is 2.13. The summed E-state index contributed by atoms with van der Waals surface area (Å²) >= 11 is 0.